The maximum absolute atomic E-state index is 3.43. The molecule has 0 spiro atoms. The molecular weight excluding hydrogens is 196 g/mol. The molecule has 1 N–H and O–H groups in total. The standard InChI is InChI=1S/C14H22N2/c1-3-5-13-6-4-7-14(10-13)16-9-8-15-11-12(16)2/h4,6-7,10,12,15H,3,5,8-9,11H2,1-2H3. The Kier molecular flexibility index (Phi) is 3.83. The van der Waals surface area contributed by atoms with Crippen LogP contribution in [0.15, 0.2) is 24.3 Å². The topological polar surface area (TPSA) is 15.3 Å². The smallest absolute Gasteiger partial charge is 0.0386 e. The van der Waals surface area contributed by atoms with Crippen LogP contribution in [0.5, 0.6) is 0 Å². The van der Waals surface area contributed by atoms with Gasteiger partial charge in [-0.1, -0.05) is 25.5 Å². The largest absolute Gasteiger partial charge is 0.366 e. The van der Waals surface area contributed by atoms with Gasteiger partial charge < -0.3 is 10.2 Å². The van der Waals surface area contributed by atoms with Crippen molar-refractivity contribution in [2.75, 3.05) is 24.5 Å². The van der Waals surface area contributed by atoms with E-state index in [1.807, 2.05) is 0 Å². The zero-order valence-electron chi connectivity index (χ0n) is 10.4. The average molecular weight is 218 g/mol. The molecule has 1 atom stereocenters. The van der Waals surface area contributed by atoms with E-state index in [9.17, 15) is 0 Å². The first-order valence-corrected chi connectivity index (χ1v) is 6.37. The van der Waals surface area contributed by atoms with Crippen molar-refractivity contribution in [2.45, 2.75) is 32.7 Å². The second-order valence-corrected chi connectivity index (χ2v) is 4.67. The molecule has 1 saturated heterocycles. The number of piperazine rings is 1. The predicted octanol–water partition coefficient (Wildman–Crippen LogP) is 2.44. The summed E-state index contributed by atoms with van der Waals surface area (Å²) in [6, 6.07) is 9.62. The number of benzene rings is 1. The first-order valence-electron chi connectivity index (χ1n) is 6.37. The molecule has 0 bridgehead atoms. The SMILES string of the molecule is CCCc1cccc(N2CCNCC2C)c1. The number of hydrogen-bond donors (Lipinski definition) is 1. The highest BCUT2D eigenvalue weighted by molar-refractivity contribution is 5.50. The monoisotopic (exact) mass is 218 g/mol. The zero-order chi connectivity index (χ0) is 11.4. The molecule has 1 aliphatic heterocycles. The van der Waals surface area contributed by atoms with Crippen LogP contribution < -0.4 is 10.2 Å². The minimum absolute atomic E-state index is 0.602. The van der Waals surface area contributed by atoms with Gasteiger partial charge in [0.2, 0.25) is 0 Å². The highest BCUT2D eigenvalue weighted by Gasteiger charge is 2.17. The van der Waals surface area contributed by atoms with Crippen LogP contribution >= 0.6 is 0 Å². The van der Waals surface area contributed by atoms with E-state index < -0.39 is 0 Å². The number of aryl methyl sites for hydroxylation is 1. The zero-order valence-corrected chi connectivity index (χ0v) is 10.4. The fourth-order valence-electron chi connectivity index (χ4n) is 2.40. The second kappa shape index (κ2) is 5.35. The van der Waals surface area contributed by atoms with Crippen LogP contribution in [0.4, 0.5) is 5.69 Å². The van der Waals surface area contributed by atoms with Crippen LogP contribution in [0, 0.1) is 0 Å². The Labute approximate surface area is 98.7 Å². The fourth-order valence-corrected chi connectivity index (χ4v) is 2.40. The summed E-state index contributed by atoms with van der Waals surface area (Å²) in [7, 11) is 0. The van der Waals surface area contributed by atoms with Gasteiger partial charge in [0.05, 0.1) is 0 Å². The summed E-state index contributed by atoms with van der Waals surface area (Å²) in [5.74, 6) is 0. The van der Waals surface area contributed by atoms with E-state index in [-0.39, 0.29) is 0 Å². The lowest BCUT2D eigenvalue weighted by molar-refractivity contribution is 0.501. The predicted molar refractivity (Wildman–Crippen MR) is 70.1 cm³/mol. The van der Waals surface area contributed by atoms with Crippen LogP contribution in [-0.2, 0) is 6.42 Å². The molecule has 0 aromatic heterocycles. The number of nitrogens with zero attached hydrogens (tertiary/aromatic N) is 1. The number of hydrogen-bond acceptors (Lipinski definition) is 2. The van der Waals surface area contributed by atoms with Crippen molar-refractivity contribution in [2.24, 2.45) is 0 Å². The summed E-state index contributed by atoms with van der Waals surface area (Å²) in [5.41, 5.74) is 2.85. The molecule has 2 nitrogen and oxygen atoms in total. The molecule has 0 aliphatic carbocycles. The summed E-state index contributed by atoms with van der Waals surface area (Å²) >= 11 is 0. The molecule has 1 aromatic carbocycles. The molecule has 2 heteroatoms. The van der Waals surface area contributed by atoms with Gasteiger partial charge in [-0.05, 0) is 31.0 Å². The maximum Gasteiger partial charge on any atom is 0.0386 e. The van der Waals surface area contributed by atoms with Crippen molar-refractivity contribution < 1.29 is 0 Å². The summed E-state index contributed by atoms with van der Waals surface area (Å²) in [6.45, 7) is 7.84. The first-order chi connectivity index (χ1) is 7.81. The van der Waals surface area contributed by atoms with E-state index in [0.717, 1.165) is 19.6 Å². The quantitative estimate of drug-likeness (QED) is 0.838. The van der Waals surface area contributed by atoms with Crippen LogP contribution in [-0.4, -0.2) is 25.7 Å². The third kappa shape index (κ3) is 2.56. The molecule has 1 fully saturated rings. The van der Waals surface area contributed by atoms with E-state index >= 15 is 0 Å². The Morgan fingerprint density at radius 3 is 3.06 bits per heavy atom. The van der Waals surface area contributed by atoms with Crippen molar-refractivity contribution in [3.8, 4) is 0 Å². The Bertz CT molecular complexity index is 335. The number of anilines is 1. The summed E-state index contributed by atoms with van der Waals surface area (Å²) in [4.78, 5) is 2.51. The Morgan fingerprint density at radius 1 is 1.44 bits per heavy atom. The normalized spacial score (nSPS) is 21.1. The van der Waals surface area contributed by atoms with Gasteiger partial charge in [-0.15, -0.1) is 0 Å². The van der Waals surface area contributed by atoms with Crippen molar-refractivity contribution in [1.29, 1.82) is 0 Å². The molecule has 88 valence electrons. The number of rotatable bonds is 3. The second-order valence-electron chi connectivity index (χ2n) is 4.67. The van der Waals surface area contributed by atoms with Gasteiger partial charge in [0, 0.05) is 31.4 Å². The van der Waals surface area contributed by atoms with Crippen LogP contribution in [0.25, 0.3) is 0 Å². The van der Waals surface area contributed by atoms with Gasteiger partial charge in [0.15, 0.2) is 0 Å². The van der Waals surface area contributed by atoms with E-state index in [1.165, 1.54) is 24.1 Å². The fraction of sp³-hybridized carbons (Fsp3) is 0.571. The molecule has 1 aliphatic rings. The van der Waals surface area contributed by atoms with E-state index in [2.05, 4.69) is 48.3 Å². The molecule has 0 saturated carbocycles. The third-order valence-electron chi connectivity index (χ3n) is 3.28. The van der Waals surface area contributed by atoms with Crippen molar-refractivity contribution in [3.63, 3.8) is 0 Å². The summed E-state index contributed by atoms with van der Waals surface area (Å²) in [6.07, 6.45) is 2.41. The molecule has 0 radical (unpaired) electrons. The third-order valence-corrected chi connectivity index (χ3v) is 3.28. The molecular formula is C14H22N2. The van der Waals surface area contributed by atoms with E-state index in [1.54, 1.807) is 0 Å². The maximum atomic E-state index is 3.43. The van der Waals surface area contributed by atoms with Gasteiger partial charge in [0.1, 0.15) is 0 Å². The lowest BCUT2D eigenvalue weighted by Gasteiger charge is -2.36. The lowest BCUT2D eigenvalue weighted by atomic mass is 10.1. The average Bonchev–Trinajstić information content (AvgIpc) is 2.30. The van der Waals surface area contributed by atoms with Crippen LogP contribution in [0.2, 0.25) is 0 Å². The molecule has 1 aromatic rings. The summed E-state index contributed by atoms with van der Waals surface area (Å²) < 4.78 is 0. The van der Waals surface area contributed by atoms with Gasteiger partial charge in [-0.25, -0.2) is 0 Å². The minimum atomic E-state index is 0.602. The number of nitrogens with one attached hydrogen (secondary N) is 1. The van der Waals surface area contributed by atoms with Crippen molar-refractivity contribution in [3.05, 3.63) is 29.8 Å². The van der Waals surface area contributed by atoms with Gasteiger partial charge >= 0.3 is 0 Å². The molecule has 16 heavy (non-hydrogen) atoms. The van der Waals surface area contributed by atoms with Gasteiger partial charge in [0.25, 0.3) is 0 Å². The van der Waals surface area contributed by atoms with Crippen LogP contribution in [0.3, 0.4) is 0 Å². The van der Waals surface area contributed by atoms with Crippen LogP contribution in [0.1, 0.15) is 25.8 Å². The van der Waals surface area contributed by atoms with E-state index in [4.69, 9.17) is 0 Å². The Balaban J connectivity index is 2.15. The van der Waals surface area contributed by atoms with Crippen molar-refractivity contribution in [1.82, 2.24) is 5.32 Å². The Morgan fingerprint density at radius 2 is 2.31 bits per heavy atom. The van der Waals surface area contributed by atoms with Gasteiger partial charge in [-0.2, -0.15) is 0 Å². The highest BCUT2D eigenvalue weighted by atomic mass is 15.2. The van der Waals surface area contributed by atoms with Crippen molar-refractivity contribution >= 4 is 5.69 Å². The molecule has 2 rings (SSSR count). The minimum Gasteiger partial charge on any atom is -0.366 e. The Hall–Kier alpha value is -1.02. The molecule has 1 unspecified atom stereocenters. The molecule has 1 heterocycles. The van der Waals surface area contributed by atoms with Gasteiger partial charge in [-0.3, -0.25) is 0 Å². The highest BCUT2D eigenvalue weighted by Crippen LogP contribution is 2.20. The summed E-state index contributed by atoms with van der Waals surface area (Å²) in [5, 5.41) is 3.43. The molecule has 0 amide bonds. The lowest BCUT2D eigenvalue weighted by Crippen LogP contribution is -2.49. The first kappa shape index (κ1) is 11.5. The van der Waals surface area contributed by atoms with E-state index in [0.29, 0.717) is 6.04 Å².